The van der Waals surface area contributed by atoms with Crippen LogP contribution in [0.25, 0.3) is 0 Å². The van der Waals surface area contributed by atoms with Crippen LogP contribution in [-0.2, 0) is 4.74 Å². The molecule has 0 saturated carbocycles. The maximum atomic E-state index is 11.7. The van der Waals surface area contributed by atoms with E-state index in [9.17, 15) is 4.79 Å². The molecular weight excluding hydrogens is 475 g/mol. The number of hydrogen-bond donors (Lipinski definition) is 2. The van der Waals surface area contributed by atoms with Crippen LogP contribution in [0.2, 0.25) is 0 Å². The van der Waals surface area contributed by atoms with Gasteiger partial charge in [0.2, 0.25) is 0 Å². The summed E-state index contributed by atoms with van der Waals surface area (Å²) in [5.41, 5.74) is 5.95. The molecule has 8 nitrogen and oxygen atoms in total. The average Bonchev–Trinajstić information content (AvgIpc) is 2.69. The first-order valence-corrected chi connectivity index (χ1v) is 9.37. The minimum atomic E-state index is -0.241. The van der Waals surface area contributed by atoms with Crippen molar-refractivity contribution in [2.45, 2.75) is 32.2 Å². The van der Waals surface area contributed by atoms with Crippen LogP contribution in [0.4, 0.5) is 4.79 Å². The first-order chi connectivity index (χ1) is 13.1. The lowest BCUT2D eigenvalue weighted by molar-refractivity contribution is 0.0963. The summed E-state index contributed by atoms with van der Waals surface area (Å²) in [6.45, 7) is 4.71. The Morgan fingerprint density at radius 1 is 1.25 bits per heavy atom. The number of ether oxygens (including phenoxy) is 3. The van der Waals surface area contributed by atoms with Crippen molar-refractivity contribution in [2.24, 2.45) is 10.7 Å². The minimum absolute atomic E-state index is 0. The van der Waals surface area contributed by atoms with Gasteiger partial charge in [-0.25, -0.2) is 4.79 Å². The van der Waals surface area contributed by atoms with E-state index in [2.05, 4.69) is 10.3 Å². The summed E-state index contributed by atoms with van der Waals surface area (Å²) in [6.07, 6.45) is 2.19. The molecular formula is C19H31IN4O4. The molecule has 0 bridgehead atoms. The van der Waals surface area contributed by atoms with Gasteiger partial charge in [0, 0.05) is 32.1 Å². The van der Waals surface area contributed by atoms with Crippen molar-refractivity contribution in [2.75, 3.05) is 40.0 Å². The number of carbonyl (C=O) groups excluding carboxylic acids is 1. The number of nitrogens with two attached hydrogens (primary N) is 1. The van der Waals surface area contributed by atoms with Gasteiger partial charge in [0.15, 0.2) is 5.96 Å². The number of likely N-dealkylation sites (tertiary alicyclic amines) is 1. The zero-order chi connectivity index (χ0) is 19.5. The zero-order valence-electron chi connectivity index (χ0n) is 16.6. The van der Waals surface area contributed by atoms with Gasteiger partial charge in [0.05, 0.1) is 20.3 Å². The number of amides is 1. The normalized spacial score (nSPS) is 14.8. The highest BCUT2D eigenvalue weighted by atomic mass is 127. The smallest absolute Gasteiger partial charge is 0.409 e. The molecule has 1 saturated heterocycles. The first kappa shape index (κ1) is 24.1. The van der Waals surface area contributed by atoms with Crippen molar-refractivity contribution in [1.29, 1.82) is 0 Å². The Balaban J connectivity index is 0.00000392. The standard InChI is InChI=1S/C19H30N4O4.HI/c1-3-26-19(24)23-12-9-15(10-13-23)22-18(20)21-11-4-14-27-17-7-5-16(25-2)6-8-17;/h5-8,15H,3-4,9-14H2,1-2H3,(H3,20,21,22);1H. The van der Waals surface area contributed by atoms with Gasteiger partial charge in [0.25, 0.3) is 0 Å². The van der Waals surface area contributed by atoms with Gasteiger partial charge in [-0.05, 0) is 44.0 Å². The van der Waals surface area contributed by atoms with E-state index in [-0.39, 0.29) is 36.1 Å². The topological polar surface area (TPSA) is 98.4 Å². The summed E-state index contributed by atoms with van der Waals surface area (Å²) in [5.74, 6) is 2.05. The number of hydrogen-bond acceptors (Lipinski definition) is 5. The number of rotatable bonds is 8. The summed E-state index contributed by atoms with van der Waals surface area (Å²) in [6, 6.07) is 7.71. The fraction of sp³-hybridized carbons (Fsp3) is 0.579. The predicted octanol–water partition coefficient (Wildman–Crippen LogP) is 2.61. The molecule has 0 aliphatic carbocycles. The van der Waals surface area contributed by atoms with E-state index in [0.29, 0.717) is 38.8 Å². The van der Waals surface area contributed by atoms with Crippen LogP contribution in [0, 0.1) is 0 Å². The summed E-state index contributed by atoms with van der Waals surface area (Å²) in [5, 5.41) is 3.23. The van der Waals surface area contributed by atoms with Crippen molar-refractivity contribution in [3.63, 3.8) is 0 Å². The van der Waals surface area contributed by atoms with Gasteiger partial charge >= 0.3 is 6.09 Å². The molecule has 2 rings (SSSR count). The maximum Gasteiger partial charge on any atom is 0.409 e. The molecule has 28 heavy (non-hydrogen) atoms. The lowest BCUT2D eigenvalue weighted by Crippen LogP contribution is -2.48. The fourth-order valence-electron chi connectivity index (χ4n) is 2.80. The molecule has 0 unspecified atom stereocenters. The lowest BCUT2D eigenvalue weighted by atomic mass is 10.1. The molecule has 1 aliphatic heterocycles. The second-order valence-electron chi connectivity index (χ2n) is 6.25. The van der Waals surface area contributed by atoms with Gasteiger partial charge in [-0.1, -0.05) is 0 Å². The van der Waals surface area contributed by atoms with Gasteiger partial charge in [0.1, 0.15) is 11.5 Å². The van der Waals surface area contributed by atoms with E-state index in [1.165, 1.54) is 0 Å². The Bertz CT molecular complexity index is 604. The number of piperidine rings is 1. The Hall–Kier alpha value is -1.91. The van der Waals surface area contributed by atoms with E-state index in [0.717, 1.165) is 30.8 Å². The third-order valence-corrected chi connectivity index (χ3v) is 4.29. The zero-order valence-corrected chi connectivity index (χ0v) is 18.9. The Morgan fingerprint density at radius 3 is 2.50 bits per heavy atom. The highest BCUT2D eigenvalue weighted by Crippen LogP contribution is 2.17. The van der Waals surface area contributed by atoms with Gasteiger partial charge < -0.3 is 30.2 Å². The molecule has 1 amide bonds. The summed E-state index contributed by atoms with van der Waals surface area (Å²) in [7, 11) is 1.63. The Morgan fingerprint density at radius 2 is 1.89 bits per heavy atom. The van der Waals surface area contributed by atoms with E-state index in [1.807, 2.05) is 31.2 Å². The van der Waals surface area contributed by atoms with Crippen LogP contribution < -0.4 is 20.5 Å². The number of benzene rings is 1. The molecule has 1 aromatic rings. The van der Waals surface area contributed by atoms with Crippen molar-refractivity contribution in [3.05, 3.63) is 24.3 Å². The minimum Gasteiger partial charge on any atom is -0.497 e. The lowest BCUT2D eigenvalue weighted by Gasteiger charge is -2.31. The van der Waals surface area contributed by atoms with Crippen LogP contribution >= 0.6 is 24.0 Å². The second-order valence-corrected chi connectivity index (χ2v) is 6.25. The number of nitrogens with one attached hydrogen (secondary N) is 1. The van der Waals surface area contributed by atoms with E-state index >= 15 is 0 Å². The summed E-state index contributed by atoms with van der Waals surface area (Å²) < 4.78 is 15.8. The molecule has 0 radical (unpaired) electrons. The second kappa shape index (κ2) is 13.3. The number of guanidine groups is 1. The molecule has 9 heteroatoms. The first-order valence-electron chi connectivity index (χ1n) is 9.37. The van der Waals surface area contributed by atoms with Gasteiger partial charge in [-0.2, -0.15) is 0 Å². The third kappa shape index (κ3) is 8.41. The maximum absolute atomic E-state index is 11.7. The van der Waals surface area contributed by atoms with E-state index in [4.69, 9.17) is 19.9 Å². The number of methoxy groups -OCH3 is 1. The van der Waals surface area contributed by atoms with Crippen molar-refractivity contribution >= 4 is 36.0 Å². The van der Waals surface area contributed by atoms with Crippen molar-refractivity contribution in [3.8, 4) is 11.5 Å². The SMILES string of the molecule is CCOC(=O)N1CCC(NC(N)=NCCCOc2ccc(OC)cc2)CC1.I. The quantitative estimate of drug-likeness (QED) is 0.244. The monoisotopic (exact) mass is 506 g/mol. The third-order valence-electron chi connectivity index (χ3n) is 4.29. The van der Waals surface area contributed by atoms with Crippen LogP contribution in [0.15, 0.2) is 29.3 Å². The number of carbonyl (C=O) groups is 1. The van der Waals surface area contributed by atoms with E-state index in [1.54, 1.807) is 12.0 Å². The predicted molar refractivity (Wildman–Crippen MR) is 120 cm³/mol. The van der Waals surface area contributed by atoms with Crippen molar-refractivity contribution < 1.29 is 19.0 Å². The van der Waals surface area contributed by atoms with Crippen LogP contribution in [0.5, 0.6) is 11.5 Å². The average molecular weight is 506 g/mol. The molecule has 3 N–H and O–H groups in total. The van der Waals surface area contributed by atoms with Crippen LogP contribution in [0.3, 0.4) is 0 Å². The number of halogens is 1. The molecule has 0 spiro atoms. The number of nitrogens with zero attached hydrogens (tertiary/aromatic N) is 2. The van der Waals surface area contributed by atoms with E-state index < -0.39 is 0 Å². The summed E-state index contributed by atoms with van der Waals surface area (Å²) >= 11 is 0. The Labute approximate surface area is 183 Å². The van der Waals surface area contributed by atoms with Gasteiger partial charge in [-0.15, -0.1) is 24.0 Å². The molecule has 1 fully saturated rings. The van der Waals surface area contributed by atoms with Crippen LogP contribution in [-0.4, -0.2) is 63.0 Å². The highest BCUT2D eigenvalue weighted by Gasteiger charge is 2.23. The van der Waals surface area contributed by atoms with Crippen LogP contribution in [0.1, 0.15) is 26.2 Å². The molecule has 1 heterocycles. The Kier molecular flexibility index (Phi) is 11.5. The van der Waals surface area contributed by atoms with Gasteiger partial charge in [-0.3, -0.25) is 4.99 Å². The fourth-order valence-corrected chi connectivity index (χ4v) is 2.80. The summed E-state index contributed by atoms with van der Waals surface area (Å²) in [4.78, 5) is 17.7. The molecule has 0 atom stereocenters. The highest BCUT2D eigenvalue weighted by molar-refractivity contribution is 14.0. The number of aliphatic imine (C=N–C) groups is 1. The molecule has 1 aromatic carbocycles. The van der Waals surface area contributed by atoms with Crippen molar-refractivity contribution in [1.82, 2.24) is 10.2 Å². The largest absolute Gasteiger partial charge is 0.497 e. The molecule has 158 valence electrons. The molecule has 0 aromatic heterocycles. The molecule has 1 aliphatic rings.